The number of ether oxygens (including phenoxy) is 2. The van der Waals surface area contributed by atoms with Crippen molar-refractivity contribution in [2.75, 3.05) is 25.1 Å². The zero-order valence-electron chi connectivity index (χ0n) is 17.8. The summed E-state index contributed by atoms with van der Waals surface area (Å²) < 4.78 is 11.4. The minimum Gasteiger partial charge on any atom is -0.486 e. The van der Waals surface area contributed by atoms with Crippen molar-refractivity contribution in [1.82, 2.24) is 4.90 Å². The lowest BCUT2D eigenvalue weighted by molar-refractivity contribution is 0.0753. The standard InChI is InChI=1S/C24H23ClN2O4S/c1-3-27(14-16-7-6-10-19-21(16)31-12-11-30-19)24(29)22-15(2)13-20(32-22)26-23(28)17-8-4-5-9-18(17)25/h4-10,13H,3,11-12,14H2,1-2H3,(H,26,28). The maximum absolute atomic E-state index is 13.3. The number of hydrogen-bond acceptors (Lipinski definition) is 5. The maximum atomic E-state index is 13.3. The number of nitrogens with zero attached hydrogens (tertiary/aromatic N) is 1. The molecule has 0 unspecified atom stereocenters. The van der Waals surface area contributed by atoms with Crippen LogP contribution in [-0.4, -0.2) is 36.5 Å². The molecule has 1 N–H and O–H groups in total. The molecule has 166 valence electrons. The molecule has 8 heteroatoms. The van der Waals surface area contributed by atoms with E-state index in [9.17, 15) is 9.59 Å². The molecule has 3 aromatic rings. The van der Waals surface area contributed by atoms with E-state index in [2.05, 4.69) is 5.32 Å². The van der Waals surface area contributed by atoms with Crippen LogP contribution in [0.5, 0.6) is 11.5 Å². The number of rotatable bonds is 6. The Labute approximate surface area is 195 Å². The largest absolute Gasteiger partial charge is 0.486 e. The van der Waals surface area contributed by atoms with Crippen LogP contribution in [0, 0.1) is 6.92 Å². The molecule has 6 nitrogen and oxygen atoms in total. The predicted molar refractivity (Wildman–Crippen MR) is 126 cm³/mol. The Hall–Kier alpha value is -3.03. The van der Waals surface area contributed by atoms with Gasteiger partial charge in [0.25, 0.3) is 11.8 Å². The van der Waals surface area contributed by atoms with Crippen LogP contribution in [0.15, 0.2) is 48.5 Å². The molecule has 2 heterocycles. The summed E-state index contributed by atoms with van der Waals surface area (Å²) in [6.07, 6.45) is 0. The number of aryl methyl sites for hydroxylation is 1. The Kier molecular flexibility index (Phi) is 6.67. The third-order valence-corrected chi connectivity index (χ3v) is 6.62. The number of amides is 2. The molecule has 1 aromatic heterocycles. The van der Waals surface area contributed by atoms with Crippen molar-refractivity contribution >= 4 is 39.8 Å². The Morgan fingerprint density at radius 2 is 1.91 bits per heavy atom. The van der Waals surface area contributed by atoms with E-state index in [1.54, 1.807) is 29.2 Å². The lowest BCUT2D eigenvalue weighted by Crippen LogP contribution is -2.30. The summed E-state index contributed by atoms with van der Waals surface area (Å²) in [5.41, 5.74) is 2.10. The molecular formula is C24H23ClN2O4S. The molecule has 0 aliphatic carbocycles. The van der Waals surface area contributed by atoms with Gasteiger partial charge in [-0.15, -0.1) is 11.3 Å². The Morgan fingerprint density at radius 1 is 1.12 bits per heavy atom. The molecule has 0 fully saturated rings. The molecule has 1 aliphatic heterocycles. The number of nitrogens with one attached hydrogen (secondary N) is 1. The first kappa shape index (κ1) is 22.2. The molecule has 2 aromatic carbocycles. The average Bonchev–Trinajstić information content (AvgIpc) is 3.17. The van der Waals surface area contributed by atoms with Gasteiger partial charge in [0.05, 0.1) is 20.5 Å². The van der Waals surface area contributed by atoms with Crippen LogP contribution < -0.4 is 14.8 Å². The minimum absolute atomic E-state index is 0.0948. The van der Waals surface area contributed by atoms with Gasteiger partial charge in [-0.2, -0.15) is 0 Å². The van der Waals surface area contributed by atoms with E-state index in [4.69, 9.17) is 21.1 Å². The van der Waals surface area contributed by atoms with Gasteiger partial charge in [-0.1, -0.05) is 35.9 Å². The monoisotopic (exact) mass is 470 g/mol. The second-order valence-electron chi connectivity index (χ2n) is 7.32. The zero-order valence-corrected chi connectivity index (χ0v) is 19.4. The van der Waals surface area contributed by atoms with Crippen molar-refractivity contribution in [3.63, 3.8) is 0 Å². The number of hydrogen-bond donors (Lipinski definition) is 1. The number of thiophene rings is 1. The summed E-state index contributed by atoms with van der Waals surface area (Å²) in [5, 5.41) is 3.83. The third kappa shape index (κ3) is 4.59. The maximum Gasteiger partial charge on any atom is 0.264 e. The van der Waals surface area contributed by atoms with Gasteiger partial charge in [0.2, 0.25) is 0 Å². The van der Waals surface area contributed by atoms with E-state index >= 15 is 0 Å². The van der Waals surface area contributed by atoms with Crippen molar-refractivity contribution in [3.05, 3.63) is 75.1 Å². The summed E-state index contributed by atoms with van der Waals surface area (Å²) in [6.45, 7) is 5.74. The highest BCUT2D eigenvalue weighted by molar-refractivity contribution is 7.18. The number of anilines is 1. The van der Waals surface area contributed by atoms with E-state index in [1.165, 1.54) is 11.3 Å². The van der Waals surface area contributed by atoms with Crippen LogP contribution in [0.2, 0.25) is 5.02 Å². The highest BCUT2D eigenvalue weighted by atomic mass is 35.5. The lowest BCUT2D eigenvalue weighted by atomic mass is 10.1. The second kappa shape index (κ2) is 9.63. The van der Waals surface area contributed by atoms with Crippen LogP contribution in [0.1, 0.15) is 38.1 Å². The molecule has 32 heavy (non-hydrogen) atoms. The van der Waals surface area contributed by atoms with Crippen LogP contribution in [-0.2, 0) is 6.54 Å². The number of carbonyl (C=O) groups is 2. The van der Waals surface area contributed by atoms with Crippen molar-refractivity contribution in [1.29, 1.82) is 0 Å². The van der Waals surface area contributed by atoms with E-state index in [0.717, 1.165) is 11.1 Å². The van der Waals surface area contributed by atoms with Crippen LogP contribution in [0.3, 0.4) is 0 Å². The van der Waals surface area contributed by atoms with E-state index < -0.39 is 0 Å². The first-order valence-electron chi connectivity index (χ1n) is 10.3. The Balaban J connectivity index is 1.52. The summed E-state index contributed by atoms with van der Waals surface area (Å²) in [4.78, 5) is 28.2. The predicted octanol–water partition coefficient (Wildman–Crippen LogP) is 5.40. The highest BCUT2D eigenvalue weighted by Crippen LogP contribution is 2.35. The first-order valence-corrected chi connectivity index (χ1v) is 11.5. The van der Waals surface area contributed by atoms with Gasteiger partial charge in [-0.3, -0.25) is 9.59 Å². The van der Waals surface area contributed by atoms with E-state index in [-0.39, 0.29) is 11.8 Å². The van der Waals surface area contributed by atoms with Crippen molar-refractivity contribution in [3.8, 4) is 11.5 Å². The second-order valence-corrected chi connectivity index (χ2v) is 8.78. The van der Waals surface area contributed by atoms with Crippen molar-refractivity contribution < 1.29 is 19.1 Å². The number of benzene rings is 2. The van der Waals surface area contributed by atoms with Gasteiger partial charge >= 0.3 is 0 Å². The molecule has 2 amide bonds. The minimum atomic E-state index is -0.309. The fourth-order valence-electron chi connectivity index (χ4n) is 3.52. The van der Waals surface area contributed by atoms with Crippen LogP contribution in [0.25, 0.3) is 0 Å². The zero-order chi connectivity index (χ0) is 22.7. The molecule has 0 saturated carbocycles. The molecular weight excluding hydrogens is 448 g/mol. The fraction of sp³-hybridized carbons (Fsp3) is 0.250. The van der Waals surface area contributed by atoms with Crippen molar-refractivity contribution in [2.45, 2.75) is 20.4 Å². The third-order valence-electron chi connectivity index (χ3n) is 5.15. The SMILES string of the molecule is CCN(Cc1cccc2c1OCCO2)C(=O)c1sc(NC(=O)c2ccccc2Cl)cc1C. The van der Waals surface area contributed by atoms with Gasteiger partial charge in [-0.25, -0.2) is 0 Å². The van der Waals surface area contributed by atoms with E-state index in [0.29, 0.717) is 58.3 Å². The summed E-state index contributed by atoms with van der Waals surface area (Å²) in [6, 6.07) is 14.4. The van der Waals surface area contributed by atoms with Crippen LogP contribution in [0.4, 0.5) is 5.00 Å². The molecule has 1 aliphatic rings. The van der Waals surface area contributed by atoms with Gasteiger partial charge in [0.1, 0.15) is 13.2 Å². The van der Waals surface area contributed by atoms with Crippen LogP contribution >= 0.6 is 22.9 Å². The molecule has 0 atom stereocenters. The Bertz CT molecular complexity index is 1160. The Morgan fingerprint density at radius 3 is 2.69 bits per heavy atom. The average molecular weight is 471 g/mol. The fourth-order valence-corrected chi connectivity index (χ4v) is 4.77. The number of carbonyl (C=O) groups excluding carboxylic acids is 2. The lowest BCUT2D eigenvalue weighted by Gasteiger charge is -2.25. The molecule has 0 saturated heterocycles. The van der Waals surface area contributed by atoms with Gasteiger partial charge in [0.15, 0.2) is 11.5 Å². The summed E-state index contributed by atoms with van der Waals surface area (Å²) in [7, 11) is 0. The molecule has 0 radical (unpaired) electrons. The topological polar surface area (TPSA) is 67.9 Å². The molecule has 0 bridgehead atoms. The van der Waals surface area contributed by atoms with Crippen molar-refractivity contribution in [2.24, 2.45) is 0 Å². The quantitative estimate of drug-likeness (QED) is 0.524. The van der Waals surface area contributed by atoms with Gasteiger partial charge in [-0.05, 0) is 43.7 Å². The van der Waals surface area contributed by atoms with Gasteiger partial charge in [0, 0.05) is 18.7 Å². The molecule has 0 spiro atoms. The highest BCUT2D eigenvalue weighted by Gasteiger charge is 2.23. The van der Waals surface area contributed by atoms with Gasteiger partial charge < -0.3 is 19.7 Å². The summed E-state index contributed by atoms with van der Waals surface area (Å²) >= 11 is 7.38. The summed E-state index contributed by atoms with van der Waals surface area (Å²) in [5.74, 6) is 0.994. The number of para-hydroxylation sites is 1. The molecule has 4 rings (SSSR count). The normalized spacial score (nSPS) is 12.3. The van der Waals surface area contributed by atoms with E-state index in [1.807, 2.05) is 38.1 Å². The smallest absolute Gasteiger partial charge is 0.264 e. The first-order chi connectivity index (χ1) is 15.5. The number of fused-ring (bicyclic) bond motifs is 1. The number of halogens is 1.